The Labute approximate surface area is 129 Å². The van der Waals surface area contributed by atoms with Crippen molar-refractivity contribution >= 4 is 28.1 Å². The molecule has 1 aromatic rings. The lowest BCUT2D eigenvalue weighted by atomic mass is 10.1. The van der Waals surface area contributed by atoms with Gasteiger partial charge in [-0.3, -0.25) is 10.1 Å². The molecule has 1 aliphatic heterocycles. The first-order chi connectivity index (χ1) is 9.46. The molecule has 0 aliphatic carbocycles. The Kier molecular flexibility index (Phi) is 6.53. The summed E-state index contributed by atoms with van der Waals surface area (Å²) in [7, 11) is -3.43. The monoisotopic (exact) mass is 335 g/mol. The van der Waals surface area contributed by atoms with Crippen LogP contribution in [0.4, 0.5) is 5.69 Å². The van der Waals surface area contributed by atoms with Gasteiger partial charge in [0, 0.05) is 24.7 Å². The zero-order valence-electron chi connectivity index (χ0n) is 11.3. The molecule has 1 saturated heterocycles. The number of nitro benzene ring substituents is 1. The third-order valence-electron chi connectivity index (χ3n) is 3.15. The van der Waals surface area contributed by atoms with Crippen LogP contribution in [0.5, 0.6) is 0 Å². The third-order valence-corrected chi connectivity index (χ3v) is 4.55. The van der Waals surface area contributed by atoms with Crippen molar-refractivity contribution in [2.24, 2.45) is 0 Å². The normalized spacial score (nSPS) is 18.8. The lowest BCUT2D eigenvalue weighted by Gasteiger charge is -2.23. The minimum atomic E-state index is -3.43. The summed E-state index contributed by atoms with van der Waals surface area (Å²) in [6, 6.07) is 5.49. The van der Waals surface area contributed by atoms with Crippen LogP contribution in [0.1, 0.15) is 18.4 Å². The molecule has 9 heteroatoms. The molecule has 118 valence electrons. The van der Waals surface area contributed by atoms with Crippen molar-refractivity contribution in [3.63, 3.8) is 0 Å². The van der Waals surface area contributed by atoms with Crippen molar-refractivity contribution in [3.8, 4) is 0 Å². The topological polar surface area (TPSA) is 101 Å². The van der Waals surface area contributed by atoms with E-state index in [2.05, 4.69) is 10.0 Å². The average Bonchev–Trinajstić information content (AvgIpc) is 2.39. The molecule has 0 bridgehead atoms. The van der Waals surface area contributed by atoms with Crippen LogP contribution in [0.2, 0.25) is 0 Å². The molecular formula is C12H18ClN3O4S. The fourth-order valence-corrected chi connectivity index (χ4v) is 3.60. The fourth-order valence-electron chi connectivity index (χ4n) is 2.18. The van der Waals surface area contributed by atoms with Gasteiger partial charge in [0.25, 0.3) is 5.69 Å². The third kappa shape index (κ3) is 5.58. The lowest BCUT2D eigenvalue weighted by Crippen LogP contribution is -2.45. The zero-order valence-corrected chi connectivity index (χ0v) is 13.0. The molecule has 7 nitrogen and oxygen atoms in total. The quantitative estimate of drug-likeness (QED) is 0.621. The van der Waals surface area contributed by atoms with Crippen LogP contribution >= 0.6 is 12.4 Å². The standard InChI is InChI=1S/C12H17N3O4S.ClH/c16-15(17)12-5-3-10(4-6-12)9-20(18,19)14-11-2-1-7-13-8-11;/h3-6,11,13-14H,1-2,7-9H2;1H. The van der Waals surface area contributed by atoms with Crippen LogP contribution in [0, 0.1) is 10.1 Å². The van der Waals surface area contributed by atoms with Gasteiger partial charge in [-0.05, 0) is 24.9 Å². The Morgan fingerprint density at radius 2 is 2.00 bits per heavy atom. The van der Waals surface area contributed by atoms with Crippen molar-refractivity contribution in [2.75, 3.05) is 13.1 Å². The Balaban J connectivity index is 0.00000220. The molecule has 0 spiro atoms. The van der Waals surface area contributed by atoms with Crippen molar-refractivity contribution < 1.29 is 13.3 Å². The maximum absolute atomic E-state index is 12.0. The summed E-state index contributed by atoms with van der Waals surface area (Å²) in [6.07, 6.45) is 1.78. The second-order valence-corrected chi connectivity index (χ2v) is 6.60. The van der Waals surface area contributed by atoms with Crippen molar-refractivity contribution in [3.05, 3.63) is 39.9 Å². The van der Waals surface area contributed by atoms with Gasteiger partial charge in [0.1, 0.15) is 0 Å². The molecule has 1 fully saturated rings. The predicted octanol–water partition coefficient (Wildman–Crippen LogP) is 1.19. The van der Waals surface area contributed by atoms with Gasteiger partial charge in [-0.2, -0.15) is 0 Å². The van der Waals surface area contributed by atoms with Crippen LogP contribution in [0.15, 0.2) is 24.3 Å². The molecule has 1 aliphatic rings. The molecule has 0 saturated carbocycles. The van der Waals surface area contributed by atoms with Gasteiger partial charge in [-0.15, -0.1) is 12.4 Å². The fraction of sp³-hybridized carbons (Fsp3) is 0.500. The smallest absolute Gasteiger partial charge is 0.269 e. The first-order valence-electron chi connectivity index (χ1n) is 6.40. The predicted molar refractivity (Wildman–Crippen MR) is 82.0 cm³/mol. The highest BCUT2D eigenvalue weighted by Gasteiger charge is 2.20. The van der Waals surface area contributed by atoms with Gasteiger partial charge < -0.3 is 5.32 Å². The summed E-state index contributed by atoms with van der Waals surface area (Å²) in [6.45, 7) is 1.56. The Morgan fingerprint density at radius 3 is 2.52 bits per heavy atom. The maximum atomic E-state index is 12.0. The van der Waals surface area contributed by atoms with Crippen molar-refractivity contribution in [2.45, 2.75) is 24.6 Å². The first-order valence-corrected chi connectivity index (χ1v) is 8.05. The van der Waals surface area contributed by atoms with E-state index in [1.807, 2.05) is 0 Å². The summed E-state index contributed by atoms with van der Waals surface area (Å²) in [4.78, 5) is 10.0. The Morgan fingerprint density at radius 1 is 1.33 bits per heavy atom. The average molecular weight is 336 g/mol. The van der Waals surface area contributed by atoms with E-state index < -0.39 is 14.9 Å². The highest BCUT2D eigenvalue weighted by Crippen LogP contribution is 2.14. The molecule has 2 N–H and O–H groups in total. The van der Waals surface area contributed by atoms with E-state index in [0.29, 0.717) is 12.1 Å². The molecule has 0 radical (unpaired) electrons. The Hall–Kier alpha value is -1.22. The van der Waals surface area contributed by atoms with Crippen molar-refractivity contribution in [1.82, 2.24) is 10.0 Å². The SMILES string of the molecule is Cl.O=[N+]([O-])c1ccc(CS(=O)(=O)NC2CCCNC2)cc1. The number of halogens is 1. The van der Waals surface area contributed by atoms with E-state index in [0.717, 1.165) is 19.4 Å². The second-order valence-electron chi connectivity index (χ2n) is 4.84. The first kappa shape index (κ1) is 17.8. The highest BCUT2D eigenvalue weighted by atomic mass is 35.5. The van der Waals surface area contributed by atoms with Crippen LogP contribution < -0.4 is 10.0 Å². The zero-order chi connectivity index (χ0) is 14.6. The lowest BCUT2D eigenvalue weighted by molar-refractivity contribution is -0.384. The minimum absolute atomic E-state index is 0. The number of piperidine rings is 1. The van der Waals surface area contributed by atoms with Crippen LogP contribution in [-0.2, 0) is 15.8 Å². The highest BCUT2D eigenvalue weighted by molar-refractivity contribution is 7.88. The molecule has 1 heterocycles. The number of nitrogens with one attached hydrogen (secondary N) is 2. The van der Waals surface area contributed by atoms with Gasteiger partial charge in [0.2, 0.25) is 10.0 Å². The van der Waals surface area contributed by atoms with E-state index in [1.54, 1.807) is 0 Å². The van der Waals surface area contributed by atoms with Gasteiger partial charge in [-0.1, -0.05) is 12.1 Å². The van der Waals surface area contributed by atoms with E-state index >= 15 is 0 Å². The number of nitrogens with zero attached hydrogens (tertiary/aromatic N) is 1. The number of sulfonamides is 1. The maximum Gasteiger partial charge on any atom is 0.269 e. The summed E-state index contributed by atoms with van der Waals surface area (Å²) in [5.74, 6) is -0.165. The molecule has 2 rings (SSSR count). The number of hydrogen-bond donors (Lipinski definition) is 2. The largest absolute Gasteiger partial charge is 0.315 e. The van der Waals surface area contributed by atoms with Crippen LogP contribution in [0.3, 0.4) is 0 Å². The molecular weight excluding hydrogens is 318 g/mol. The summed E-state index contributed by atoms with van der Waals surface area (Å²) < 4.78 is 26.7. The van der Waals surface area contributed by atoms with E-state index in [1.165, 1.54) is 24.3 Å². The number of hydrogen-bond acceptors (Lipinski definition) is 5. The second kappa shape index (κ2) is 7.69. The molecule has 1 unspecified atom stereocenters. The van der Waals surface area contributed by atoms with Gasteiger partial charge in [0.05, 0.1) is 10.7 Å². The number of nitro groups is 1. The molecule has 21 heavy (non-hydrogen) atoms. The number of rotatable bonds is 5. The van der Waals surface area contributed by atoms with Crippen molar-refractivity contribution in [1.29, 1.82) is 0 Å². The van der Waals surface area contributed by atoms with Crippen LogP contribution in [0.25, 0.3) is 0 Å². The van der Waals surface area contributed by atoms with E-state index in [9.17, 15) is 18.5 Å². The van der Waals surface area contributed by atoms with Gasteiger partial charge in [0.15, 0.2) is 0 Å². The molecule has 1 atom stereocenters. The van der Waals surface area contributed by atoms with Crippen LogP contribution in [-0.4, -0.2) is 32.5 Å². The van der Waals surface area contributed by atoms with E-state index in [4.69, 9.17) is 0 Å². The van der Waals surface area contributed by atoms with Gasteiger partial charge in [-0.25, -0.2) is 13.1 Å². The number of non-ortho nitro benzene ring substituents is 1. The molecule has 1 aromatic carbocycles. The summed E-state index contributed by atoms with van der Waals surface area (Å²) in [5.41, 5.74) is 0.488. The van der Waals surface area contributed by atoms with Gasteiger partial charge >= 0.3 is 0 Å². The number of benzene rings is 1. The minimum Gasteiger partial charge on any atom is -0.315 e. The summed E-state index contributed by atoms with van der Waals surface area (Å²) >= 11 is 0. The molecule has 0 amide bonds. The molecule has 0 aromatic heterocycles. The van der Waals surface area contributed by atoms with E-state index in [-0.39, 0.29) is 29.9 Å². The Bertz CT molecular complexity index is 571. The summed E-state index contributed by atoms with van der Waals surface area (Å²) in [5, 5.41) is 13.7.